The molecule has 0 atom stereocenters. The molecule has 2 saturated heterocycles. The van der Waals surface area contributed by atoms with Gasteiger partial charge in [-0.15, -0.1) is 0 Å². The maximum absolute atomic E-state index is 13.1. The molecule has 2 heterocycles. The maximum Gasteiger partial charge on any atom is 0.227 e. The number of nitrogens with zero attached hydrogens (tertiary/aromatic N) is 3. The lowest BCUT2D eigenvalue weighted by Gasteiger charge is -2.36. The SMILES string of the molecule is O=C(Cc1ccc(N2CCCC2)cc1)N1CCN(c2ccc(F)cc2)CC1. The summed E-state index contributed by atoms with van der Waals surface area (Å²) in [7, 11) is 0. The summed E-state index contributed by atoms with van der Waals surface area (Å²) < 4.78 is 13.1. The van der Waals surface area contributed by atoms with Crippen LogP contribution in [0.15, 0.2) is 48.5 Å². The van der Waals surface area contributed by atoms with Crippen LogP contribution in [0, 0.1) is 5.82 Å². The molecule has 2 aliphatic heterocycles. The highest BCUT2D eigenvalue weighted by molar-refractivity contribution is 5.79. The van der Waals surface area contributed by atoms with Gasteiger partial charge in [-0.2, -0.15) is 0 Å². The monoisotopic (exact) mass is 367 g/mol. The fraction of sp³-hybridized carbons (Fsp3) is 0.409. The quantitative estimate of drug-likeness (QED) is 0.829. The van der Waals surface area contributed by atoms with Crippen molar-refractivity contribution in [3.05, 3.63) is 59.9 Å². The molecule has 0 bridgehead atoms. The molecule has 142 valence electrons. The minimum atomic E-state index is -0.219. The van der Waals surface area contributed by atoms with E-state index >= 15 is 0 Å². The van der Waals surface area contributed by atoms with Crippen molar-refractivity contribution in [2.24, 2.45) is 0 Å². The molecule has 0 aliphatic carbocycles. The number of carbonyl (C=O) groups is 1. The Bertz CT molecular complexity index is 761. The van der Waals surface area contributed by atoms with Crippen molar-refractivity contribution >= 4 is 17.3 Å². The van der Waals surface area contributed by atoms with Gasteiger partial charge in [0.15, 0.2) is 0 Å². The van der Waals surface area contributed by atoms with Crippen LogP contribution in [0.5, 0.6) is 0 Å². The van der Waals surface area contributed by atoms with E-state index in [1.165, 1.54) is 30.7 Å². The molecule has 2 aliphatic rings. The molecule has 2 aromatic carbocycles. The van der Waals surface area contributed by atoms with E-state index in [4.69, 9.17) is 0 Å². The number of hydrogen-bond acceptors (Lipinski definition) is 3. The molecule has 0 saturated carbocycles. The fourth-order valence-corrected chi connectivity index (χ4v) is 3.95. The van der Waals surface area contributed by atoms with Crippen LogP contribution in [0.1, 0.15) is 18.4 Å². The average Bonchev–Trinajstić information content (AvgIpc) is 3.24. The number of amides is 1. The molecule has 2 aromatic rings. The topological polar surface area (TPSA) is 26.8 Å². The second-order valence-electron chi connectivity index (χ2n) is 7.38. The highest BCUT2D eigenvalue weighted by atomic mass is 19.1. The van der Waals surface area contributed by atoms with E-state index in [9.17, 15) is 9.18 Å². The summed E-state index contributed by atoms with van der Waals surface area (Å²) in [4.78, 5) is 19.2. The van der Waals surface area contributed by atoms with Crippen molar-refractivity contribution in [3.8, 4) is 0 Å². The van der Waals surface area contributed by atoms with Crippen LogP contribution in [0.3, 0.4) is 0 Å². The van der Waals surface area contributed by atoms with Crippen molar-refractivity contribution in [3.63, 3.8) is 0 Å². The molecule has 0 unspecified atom stereocenters. The molecule has 4 rings (SSSR count). The van der Waals surface area contributed by atoms with Crippen LogP contribution < -0.4 is 9.80 Å². The molecule has 2 fully saturated rings. The van der Waals surface area contributed by atoms with Crippen LogP contribution in [-0.2, 0) is 11.2 Å². The maximum atomic E-state index is 13.1. The van der Waals surface area contributed by atoms with E-state index in [0.29, 0.717) is 19.5 Å². The van der Waals surface area contributed by atoms with E-state index in [2.05, 4.69) is 34.1 Å². The summed E-state index contributed by atoms with van der Waals surface area (Å²) in [6.45, 7) is 5.26. The van der Waals surface area contributed by atoms with Crippen molar-refractivity contribution in [1.29, 1.82) is 0 Å². The molecular weight excluding hydrogens is 341 g/mol. The molecule has 4 nitrogen and oxygen atoms in total. The first-order valence-corrected chi connectivity index (χ1v) is 9.81. The third kappa shape index (κ3) is 4.24. The van der Waals surface area contributed by atoms with Gasteiger partial charge in [-0.3, -0.25) is 4.79 Å². The second-order valence-corrected chi connectivity index (χ2v) is 7.38. The van der Waals surface area contributed by atoms with Gasteiger partial charge in [-0.05, 0) is 54.8 Å². The van der Waals surface area contributed by atoms with E-state index in [1.807, 2.05) is 4.90 Å². The van der Waals surface area contributed by atoms with E-state index < -0.39 is 0 Å². The smallest absolute Gasteiger partial charge is 0.227 e. The van der Waals surface area contributed by atoms with Crippen LogP contribution in [0.2, 0.25) is 0 Å². The Morgan fingerprint density at radius 2 is 1.26 bits per heavy atom. The number of piperazine rings is 1. The Morgan fingerprint density at radius 1 is 0.741 bits per heavy atom. The zero-order valence-electron chi connectivity index (χ0n) is 15.6. The Morgan fingerprint density at radius 3 is 1.85 bits per heavy atom. The average molecular weight is 367 g/mol. The minimum absolute atomic E-state index is 0.183. The third-order valence-corrected chi connectivity index (χ3v) is 5.59. The molecule has 5 heteroatoms. The number of benzene rings is 2. The highest BCUT2D eigenvalue weighted by Gasteiger charge is 2.21. The molecular formula is C22H26FN3O. The number of halogens is 1. The Balaban J connectivity index is 1.29. The van der Waals surface area contributed by atoms with Gasteiger partial charge in [0.2, 0.25) is 5.91 Å². The summed E-state index contributed by atoms with van der Waals surface area (Å²) in [6.07, 6.45) is 2.99. The Kier molecular flexibility index (Phi) is 5.28. The van der Waals surface area contributed by atoms with Gasteiger partial charge >= 0.3 is 0 Å². The van der Waals surface area contributed by atoms with Crippen LogP contribution in [0.4, 0.5) is 15.8 Å². The van der Waals surface area contributed by atoms with Crippen LogP contribution >= 0.6 is 0 Å². The number of hydrogen-bond donors (Lipinski definition) is 0. The van der Waals surface area contributed by atoms with Crippen LogP contribution in [-0.4, -0.2) is 50.1 Å². The zero-order chi connectivity index (χ0) is 18.6. The summed E-state index contributed by atoms with van der Waals surface area (Å²) >= 11 is 0. The minimum Gasteiger partial charge on any atom is -0.372 e. The first-order valence-electron chi connectivity index (χ1n) is 9.81. The molecule has 0 N–H and O–H groups in total. The second kappa shape index (κ2) is 7.99. The lowest BCUT2D eigenvalue weighted by molar-refractivity contribution is -0.130. The largest absolute Gasteiger partial charge is 0.372 e. The first kappa shape index (κ1) is 17.8. The molecule has 0 spiro atoms. The normalized spacial score (nSPS) is 17.4. The summed E-state index contributed by atoms with van der Waals surface area (Å²) in [5, 5.41) is 0. The lowest BCUT2D eigenvalue weighted by Crippen LogP contribution is -2.49. The van der Waals surface area contributed by atoms with E-state index in [1.54, 1.807) is 12.1 Å². The van der Waals surface area contributed by atoms with Gasteiger partial charge in [0, 0.05) is 50.6 Å². The van der Waals surface area contributed by atoms with Gasteiger partial charge in [0.05, 0.1) is 6.42 Å². The molecule has 27 heavy (non-hydrogen) atoms. The van der Waals surface area contributed by atoms with Crippen molar-refractivity contribution < 1.29 is 9.18 Å². The standard InChI is InChI=1S/C22H26FN3O/c23-19-5-9-21(10-6-19)25-13-15-26(16-14-25)22(27)17-18-3-7-20(8-4-18)24-11-1-2-12-24/h3-10H,1-2,11-17H2. The Hall–Kier alpha value is -2.56. The summed E-state index contributed by atoms with van der Waals surface area (Å²) in [5.41, 5.74) is 3.35. The van der Waals surface area contributed by atoms with Gasteiger partial charge in [0.25, 0.3) is 0 Å². The zero-order valence-corrected chi connectivity index (χ0v) is 15.6. The third-order valence-electron chi connectivity index (χ3n) is 5.59. The predicted octanol–water partition coefficient (Wildman–Crippen LogP) is 3.32. The van der Waals surface area contributed by atoms with E-state index in [-0.39, 0.29) is 11.7 Å². The van der Waals surface area contributed by atoms with Gasteiger partial charge < -0.3 is 14.7 Å². The molecule has 0 radical (unpaired) electrons. The van der Waals surface area contributed by atoms with Gasteiger partial charge in [0.1, 0.15) is 5.82 Å². The number of rotatable bonds is 4. The first-order chi connectivity index (χ1) is 13.2. The number of carbonyl (C=O) groups excluding carboxylic acids is 1. The molecule has 1 amide bonds. The lowest BCUT2D eigenvalue weighted by atomic mass is 10.1. The van der Waals surface area contributed by atoms with Crippen molar-refractivity contribution in [2.75, 3.05) is 49.1 Å². The van der Waals surface area contributed by atoms with Gasteiger partial charge in [-0.25, -0.2) is 4.39 Å². The van der Waals surface area contributed by atoms with Crippen molar-refractivity contribution in [1.82, 2.24) is 4.90 Å². The van der Waals surface area contributed by atoms with Crippen LogP contribution in [0.25, 0.3) is 0 Å². The van der Waals surface area contributed by atoms with Crippen molar-refractivity contribution in [2.45, 2.75) is 19.3 Å². The Labute approximate surface area is 160 Å². The summed E-state index contributed by atoms with van der Waals surface area (Å²) in [5.74, 6) is -0.0361. The summed E-state index contributed by atoms with van der Waals surface area (Å²) in [6, 6.07) is 15.0. The predicted molar refractivity (Wildman–Crippen MR) is 107 cm³/mol. The highest BCUT2D eigenvalue weighted by Crippen LogP contribution is 2.21. The fourth-order valence-electron chi connectivity index (χ4n) is 3.95. The van der Waals surface area contributed by atoms with Gasteiger partial charge in [-0.1, -0.05) is 12.1 Å². The molecule has 0 aromatic heterocycles. The van der Waals surface area contributed by atoms with E-state index in [0.717, 1.165) is 37.4 Å². The number of anilines is 2.